The van der Waals surface area contributed by atoms with E-state index in [0.717, 1.165) is 11.4 Å². The number of carbonyl (C=O) groups excluding carboxylic acids is 2. The fourth-order valence-electron chi connectivity index (χ4n) is 5.29. The number of amides is 2. The van der Waals surface area contributed by atoms with Crippen molar-refractivity contribution in [2.75, 3.05) is 13.2 Å². The smallest absolute Gasteiger partial charge is 0.258 e. The molecule has 2 aliphatic rings. The Kier molecular flexibility index (Phi) is 6.51. The first-order valence-electron chi connectivity index (χ1n) is 11.4. The van der Waals surface area contributed by atoms with Crippen molar-refractivity contribution in [3.05, 3.63) is 58.0 Å². The molecule has 2 aromatic rings. The number of nitrogens with one attached hydrogen (secondary N) is 1. The molecule has 176 valence electrons. The summed E-state index contributed by atoms with van der Waals surface area (Å²) in [4.78, 5) is 45.2. The van der Waals surface area contributed by atoms with Gasteiger partial charge in [-0.15, -0.1) is 0 Å². The van der Waals surface area contributed by atoms with Gasteiger partial charge in [-0.2, -0.15) is 0 Å². The molecule has 0 unspecified atom stereocenters. The normalized spacial score (nSPS) is 23.7. The number of aliphatic hydroxyl groups is 1. The molecule has 1 fully saturated rings. The van der Waals surface area contributed by atoms with Gasteiger partial charge in [-0.05, 0) is 19.1 Å². The number of allylic oxidation sites excluding steroid dienone is 1. The summed E-state index contributed by atoms with van der Waals surface area (Å²) in [5, 5.41) is 13.2. The van der Waals surface area contributed by atoms with Crippen LogP contribution in [0.3, 0.4) is 0 Å². The van der Waals surface area contributed by atoms with Crippen LogP contribution in [0.1, 0.15) is 43.3 Å². The van der Waals surface area contributed by atoms with Crippen LogP contribution >= 0.6 is 0 Å². The Morgan fingerprint density at radius 2 is 2.12 bits per heavy atom. The van der Waals surface area contributed by atoms with Crippen LogP contribution in [0.2, 0.25) is 0 Å². The maximum absolute atomic E-state index is 13.3. The van der Waals surface area contributed by atoms with Crippen LogP contribution in [0.5, 0.6) is 0 Å². The summed E-state index contributed by atoms with van der Waals surface area (Å²) in [6, 6.07) is 2.45. The van der Waals surface area contributed by atoms with E-state index in [4.69, 9.17) is 0 Å². The fourth-order valence-corrected chi connectivity index (χ4v) is 5.29. The van der Waals surface area contributed by atoms with Crippen molar-refractivity contribution in [1.82, 2.24) is 24.3 Å². The molecule has 9 heteroatoms. The van der Waals surface area contributed by atoms with Crippen molar-refractivity contribution in [3.8, 4) is 0 Å². The number of fused-ring (bicyclic) bond motifs is 3. The topological polar surface area (TPSA) is 109 Å². The molecule has 0 bridgehead atoms. The Morgan fingerprint density at radius 3 is 2.76 bits per heavy atom. The van der Waals surface area contributed by atoms with E-state index in [9.17, 15) is 19.5 Å². The van der Waals surface area contributed by atoms with E-state index in [1.807, 2.05) is 36.9 Å². The highest BCUT2D eigenvalue weighted by Gasteiger charge is 2.56. The molecule has 9 nitrogen and oxygen atoms in total. The molecule has 0 aliphatic carbocycles. The van der Waals surface area contributed by atoms with E-state index in [1.165, 1.54) is 0 Å². The highest BCUT2D eigenvalue weighted by Crippen LogP contribution is 2.49. The van der Waals surface area contributed by atoms with Crippen molar-refractivity contribution >= 4 is 17.9 Å². The Labute approximate surface area is 192 Å². The monoisotopic (exact) mass is 453 g/mol. The van der Waals surface area contributed by atoms with Gasteiger partial charge < -0.3 is 24.5 Å². The van der Waals surface area contributed by atoms with Crippen LogP contribution in [-0.4, -0.2) is 55.1 Å². The van der Waals surface area contributed by atoms with Gasteiger partial charge in [-0.1, -0.05) is 19.1 Å². The van der Waals surface area contributed by atoms with Gasteiger partial charge in [0.15, 0.2) is 0 Å². The van der Waals surface area contributed by atoms with Crippen LogP contribution in [0, 0.1) is 11.8 Å². The molecule has 33 heavy (non-hydrogen) atoms. The lowest BCUT2D eigenvalue weighted by Crippen LogP contribution is -2.50. The summed E-state index contributed by atoms with van der Waals surface area (Å²) in [5.41, 5.74) is 2.06. The molecule has 0 spiro atoms. The molecule has 2 aliphatic heterocycles. The SMILES string of the molecule is C/C=C/c1ccc2n(c1=O)C[C@@H]1[C@@H](CO)[C@H](C(=O)NCCc3cn(C)cn3)N(C(=O)CC)[C@H]21. The molecule has 0 aromatic carbocycles. The first-order valence-corrected chi connectivity index (χ1v) is 11.4. The van der Waals surface area contributed by atoms with Gasteiger partial charge in [-0.25, -0.2) is 4.98 Å². The number of aryl methyl sites for hydroxylation is 1. The minimum Gasteiger partial charge on any atom is -0.396 e. The molecule has 2 N–H and O–H groups in total. The van der Waals surface area contributed by atoms with Crippen molar-refractivity contribution in [1.29, 1.82) is 0 Å². The Hall–Kier alpha value is -3.20. The maximum Gasteiger partial charge on any atom is 0.258 e. The summed E-state index contributed by atoms with van der Waals surface area (Å²) in [7, 11) is 1.89. The van der Waals surface area contributed by atoms with E-state index in [-0.39, 0.29) is 36.3 Å². The molecule has 0 saturated carbocycles. The minimum absolute atomic E-state index is 0.114. The van der Waals surface area contributed by atoms with Gasteiger partial charge in [0.2, 0.25) is 11.8 Å². The molecule has 4 heterocycles. The second kappa shape index (κ2) is 9.35. The molecular weight excluding hydrogens is 422 g/mol. The molecule has 2 aromatic heterocycles. The van der Waals surface area contributed by atoms with Gasteiger partial charge in [0.25, 0.3) is 5.56 Å². The quantitative estimate of drug-likeness (QED) is 0.647. The van der Waals surface area contributed by atoms with Crippen LogP contribution in [0.25, 0.3) is 6.08 Å². The number of hydrogen-bond donors (Lipinski definition) is 2. The van der Waals surface area contributed by atoms with E-state index < -0.39 is 18.0 Å². The zero-order chi connectivity index (χ0) is 23.7. The lowest BCUT2D eigenvalue weighted by Gasteiger charge is -2.30. The zero-order valence-electron chi connectivity index (χ0n) is 19.3. The highest BCUT2D eigenvalue weighted by atomic mass is 16.3. The third kappa shape index (κ3) is 4.01. The molecule has 4 rings (SSSR count). The van der Waals surface area contributed by atoms with Crippen LogP contribution in [0.15, 0.2) is 35.5 Å². The van der Waals surface area contributed by atoms with Gasteiger partial charge in [0.1, 0.15) is 6.04 Å². The summed E-state index contributed by atoms with van der Waals surface area (Å²) < 4.78 is 3.54. The molecule has 1 saturated heterocycles. The summed E-state index contributed by atoms with van der Waals surface area (Å²) in [6.07, 6.45) is 7.99. The summed E-state index contributed by atoms with van der Waals surface area (Å²) in [5.74, 6) is -1.10. The highest BCUT2D eigenvalue weighted by molar-refractivity contribution is 5.89. The van der Waals surface area contributed by atoms with Gasteiger partial charge in [0, 0.05) is 68.9 Å². The standard InChI is InChI=1S/C24H31N5O4/c1-4-6-15-7-8-19-21-17(12-28(19)24(15)33)18(13-30)22(29(21)20(31)5-2)23(32)25-10-9-16-11-27(3)14-26-16/h4,6-8,11,14,17-18,21-22,30H,5,9-10,12-13H2,1-3H3,(H,25,32)/b6-4+/t17-,18-,21+,22-/m1/s1. The lowest BCUT2D eigenvalue weighted by molar-refractivity contribution is -0.141. The van der Waals surface area contributed by atoms with E-state index in [1.54, 1.807) is 34.9 Å². The third-order valence-corrected chi connectivity index (χ3v) is 6.75. The summed E-state index contributed by atoms with van der Waals surface area (Å²) in [6.45, 7) is 4.14. The van der Waals surface area contributed by atoms with Crippen LogP contribution in [-0.2, 0) is 29.6 Å². The molecule has 2 amide bonds. The Balaban J connectivity index is 1.62. The van der Waals surface area contributed by atoms with Gasteiger partial charge in [-0.3, -0.25) is 14.4 Å². The number of aliphatic hydroxyl groups excluding tert-OH is 1. The van der Waals surface area contributed by atoms with Gasteiger partial charge >= 0.3 is 0 Å². The maximum atomic E-state index is 13.3. The average molecular weight is 454 g/mol. The van der Waals surface area contributed by atoms with Crippen LogP contribution in [0.4, 0.5) is 0 Å². The predicted molar refractivity (Wildman–Crippen MR) is 123 cm³/mol. The zero-order valence-corrected chi connectivity index (χ0v) is 19.3. The van der Waals surface area contributed by atoms with E-state index >= 15 is 0 Å². The number of imidazole rings is 1. The number of aromatic nitrogens is 3. The second-order valence-corrected chi connectivity index (χ2v) is 8.76. The van der Waals surface area contributed by atoms with Crippen LogP contribution < -0.4 is 10.9 Å². The number of rotatable bonds is 7. The number of hydrogen-bond acceptors (Lipinski definition) is 5. The van der Waals surface area contributed by atoms with Crippen molar-refractivity contribution in [2.45, 2.75) is 45.3 Å². The lowest BCUT2D eigenvalue weighted by atomic mass is 9.88. The number of pyridine rings is 1. The fraction of sp³-hybridized carbons (Fsp3) is 0.500. The molecule has 0 radical (unpaired) electrons. The largest absolute Gasteiger partial charge is 0.396 e. The van der Waals surface area contributed by atoms with Crippen molar-refractivity contribution in [3.63, 3.8) is 0 Å². The number of carbonyl (C=O) groups is 2. The first kappa shape index (κ1) is 23.0. The van der Waals surface area contributed by atoms with Gasteiger partial charge in [0.05, 0.1) is 18.1 Å². The van der Waals surface area contributed by atoms with E-state index in [0.29, 0.717) is 25.1 Å². The van der Waals surface area contributed by atoms with Crippen molar-refractivity contribution < 1.29 is 14.7 Å². The molecule has 4 atom stereocenters. The Morgan fingerprint density at radius 1 is 1.33 bits per heavy atom. The third-order valence-electron chi connectivity index (χ3n) is 6.75. The Bertz CT molecular complexity index is 1130. The number of likely N-dealkylation sites (tertiary alicyclic amines) is 1. The minimum atomic E-state index is -0.778. The first-order chi connectivity index (χ1) is 15.9. The van der Waals surface area contributed by atoms with Crippen molar-refractivity contribution in [2.24, 2.45) is 18.9 Å². The van der Waals surface area contributed by atoms with E-state index in [2.05, 4.69) is 10.3 Å². The summed E-state index contributed by atoms with van der Waals surface area (Å²) >= 11 is 0. The predicted octanol–water partition coefficient (Wildman–Crippen LogP) is 0.874. The second-order valence-electron chi connectivity index (χ2n) is 8.76. The average Bonchev–Trinajstić information content (AvgIpc) is 3.47. The molecular formula is C24H31N5O4. The number of nitrogens with zero attached hydrogens (tertiary/aromatic N) is 4.